The molecule has 0 aromatic heterocycles. The molecule has 0 heterocycles. The number of carbonyl (C=O) groups excluding carboxylic acids is 1. The Morgan fingerprint density at radius 3 is 2.57 bits per heavy atom. The Morgan fingerprint density at radius 2 is 2.07 bits per heavy atom. The highest BCUT2D eigenvalue weighted by Gasteiger charge is 1.97. The summed E-state index contributed by atoms with van der Waals surface area (Å²) < 4.78 is 9.84. The second-order valence-electron chi connectivity index (χ2n) is 2.66. The first-order chi connectivity index (χ1) is 6.76. The van der Waals surface area contributed by atoms with Gasteiger partial charge in [0, 0.05) is 6.08 Å². The van der Waals surface area contributed by atoms with Gasteiger partial charge in [-0.2, -0.15) is 0 Å². The molecule has 0 aliphatic rings. The van der Waals surface area contributed by atoms with Gasteiger partial charge in [0.05, 0.1) is 7.11 Å². The highest BCUT2D eigenvalue weighted by molar-refractivity contribution is 5.81. The molecule has 74 valence electrons. The first kappa shape index (κ1) is 10.3. The molecule has 0 aliphatic heterocycles. The van der Waals surface area contributed by atoms with E-state index in [0.717, 1.165) is 17.4 Å². The molecule has 1 aromatic carbocycles. The van der Waals surface area contributed by atoms with Crippen molar-refractivity contribution in [3.05, 3.63) is 42.5 Å². The molecule has 0 radical (unpaired) electrons. The average Bonchev–Trinajstić information content (AvgIpc) is 2.26. The maximum atomic E-state index is 10.7. The van der Waals surface area contributed by atoms with Crippen molar-refractivity contribution in [2.24, 2.45) is 0 Å². The number of hydrogen-bond donors (Lipinski definition) is 0. The van der Waals surface area contributed by atoms with Crippen LogP contribution in [0.1, 0.15) is 5.56 Å². The molecule has 0 N–H and O–H groups in total. The highest BCUT2D eigenvalue weighted by Crippen LogP contribution is 2.11. The predicted molar refractivity (Wildman–Crippen MR) is 53.0 cm³/mol. The maximum absolute atomic E-state index is 10.7. The van der Waals surface area contributed by atoms with E-state index in [9.17, 15) is 4.79 Å². The predicted octanol–water partition coefficient (Wildman–Crippen LogP) is 1.92. The van der Waals surface area contributed by atoms with E-state index in [0.29, 0.717) is 0 Å². The van der Waals surface area contributed by atoms with Crippen LogP contribution in [-0.4, -0.2) is 13.1 Å². The molecule has 0 spiro atoms. The van der Waals surface area contributed by atoms with Gasteiger partial charge in [-0.05, 0) is 17.7 Å². The van der Waals surface area contributed by atoms with E-state index >= 15 is 0 Å². The van der Waals surface area contributed by atoms with Crippen LogP contribution in [0.3, 0.4) is 0 Å². The van der Waals surface area contributed by atoms with Gasteiger partial charge in [-0.15, -0.1) is 0 Å². The fourth-order valence-corrected chi connectivity index (χ4v) is 0.935. The van der Waals surface area contributed by atoms with Crippen LogP contribution in [-0.2, 0) is 16.1 Å². The van der Waals surface area contributed by atoms with Gasteiger partial charge in [0.15, 0.2) is 0 Å². The third kappa shape index (κ3) is 2.94. The van der Waals surface area contributed by atoms with Crippen LogP contribution in [0.5, 0.6) is 5.75 Å². The SMILES string of the molecule is C=CC(=O)OCc1ccc(OC)cc1. The minimum atomic E-state index is -0.416. The van der Waals surface area contributed by atoms with Crippen molar-refractivity contribution in [2.45, 2.75) is 6.61 Å². The topological polar surface area (TPSA) is 35.5 Å². The Labute approximate surface area is 83.0 Å². The number of benzene rings is 1. The molecule has 0 bridgehead atoms. The molecule has 0 saturated carbocycles. The largest absolute Gasteiger partial charge is 0.497 e. The molecule has 0 atom stereocenters. The van der Waals surface area contributed by atoms with E-state index in [1.54, 1.807) is 7.11 Å². The molecule has 1 rings (SSSR count). The first-order valence-electron chi connectivity index (χ1n) is 4.18. The summed E-state index contributed by atoms with van der Waals surface area (Å²) in [6.07, 6.45) is 1.14. The van der Waals surface area contributed by atoms with Crippen LogP contribution >= 0.6 is 0 Å². The summed E-state index contributed by atoms with van der Waals surface area (Å²) in [6.45, 7) is 3.56. The summed E-state index contributed by atoms with van der Waals surface area (Å²) in [6, 6.07) is 7.32. The van der Waals surface area contributed by atoms with Gasteiger partial charge in [-0.25, -0.2) is 4.79 Å². The first-order valence-corrected chi connectivity index (χ1v) is 4.18. The van der Waals surface area contributed by atoms with Gasteiger partial charge in [0.1, 0.15) is 12.4 Å². The van der Waals surface area contributed by atoms with Crippen LogP contribution in [0, 0.1) is 0 Å². The fraction of sp³-hybridized carbons (Fsp3) is 0.182. The lowest BCUT2D eigenvalue weighted by Crippen LogP contribution is -1.99. The van der Waals surface area contributed by atoms with E-state index in [4.69, 9.17) is 9.47 Å². The smallest absolute Gasteiger partial charge is 0.330 e. The van der Waals surface area contributed by atoms with Gasteiger partial charge in [0.2, 0.25) is 0 Å². The van der Waals surface area contributed by atoms with Crippen molar-refractivity contribution < 1.29 is 14.3 Å². The standard InChI is InChI=1S/C11H12O3/c1-3-11(12)14-8-9-4-6-10(13-2)7-5-9/h3-7H,1,8H2,2H3. The average molecular weight is 192 g/mol. The Bertz CT molecular complexity index is 314. The van der Waals surface area contributed by atoms with Gasteiger partial charge in [0.25, 0.3) is 0 Å². The second kappa shape index (κ2) is 5.07. The van der Waals surface area contributed by atoms with Crippen molar-refractivity contribution in [3.8, 4) is 5.75 Å². The number of hydrogen-bond acceptors (Lipinski definition) is 3. The zero-order valence-corrected chi connectivity index (χ0v) is 8.03. The normalized spacial score (nSPS) is 9.21. The molecule has 1 aromatic rings. The summed E-state index contributed by atoms with van der Waals surface area (Å²) in [5.74, 6) is 0.365. The number of rotatable bonds is 4. The van der Waals surface area contributed by atoms with Crippen molar-refractivity contribution in [1.82, 2.24) is 0 Å². The van der Waals surface area contributed by atoms with Crippen LogP contribution in [0.2, 0.25) is 0 Å². The van der Waals surface area contributed by atoms with Crippen LogP contribution < -0.4 is 4.74 Å². The van der Waals surface area contributed by atoms with E-state index in [2.05, 4.69) is 6.58 Å². The molecule has 3 nitrogen and oxygen atoms in total. The molecule has 0 amide bonds. The molecular formula is C11H12O3. The summed E-state index contributed by atoms with van der Waals surface area (Å²) >= 11 is 0. The van der Waals surface area contributed by atoms with Gasteiger partial charge < -0.3 is 9.47 Å². The molecule has 14 heavy (non-hydrogen) atoms. The lowest BCUT2D eigenvalue weighted by molar-refractivity contribution is -0.138. The van der Waals surface area contributed by atoms with Crippen molar-refractivity contribution in [1.29, 1.82) is 0 Å². The van der Waals surface area contributed by atoms with Crippen molar-refractivity contribution >= 4 is 5.97 Å². The number of ether oxygens (including phenoxy) is 2. The Balaban J connectivity index is 2.51. The summed E-state index contributed by atoms with van der Waals surface area (Å²) in [7, 11) is 1.60. The summed E-state index contributed by atoms with van der Waals surface area (Å²) in [5, 5.41) is 0. The third-order valence-corrected chi connectivity index (χ3v) is 1.71. The van der Waals surface area contributed by atoms with E-state index in [1.165, 1.54) is 0 Å². The number of esters is 1. The van der Waals surface area contributed by atoms with E-state index in [1.807, 2.05) is 24.3 Å². The van der Waals surface area contributed by atoms with E-state index < -0.39 is 5.97 Å². The highest BCUT2D eigenvalue weighted by atomic mass is 16.5. The minimum absolute atomic E-state index is 0.259. The molecule has 3 heteroatoms. The second-order valence-corrected chi connectivity index (χ2v) is 2.66. The number of methoxy groups -OCH3 is 1. The quantitative estimate of drug-likeness (QED) is 0.540. The van der Waals surface area contributed by atoms with E-state index in [-0.39, 0.29) is 6.61 Å². The summed E-state index contributed by atoms with van der Waals surface area (Å²) in [5.41, 5.74) is 0.918. The third-order valence-electron chi connectivity index (χ3n) is 1.71. The zero-order valence-electron chi connectivity index (χ0n) is 8.03. The van der Waals surface area contributed by atoms with Crippen molar-refractivity contribution in [3.63, 3.8) is 0 Å². The maximum Gasteiger partial charge on any atom is 0.330 e. The van der Waals surface area contributed by atoms with Gasteiger partial charge in [-0.3, -0.25) is 0 Å². The molecule has 0 aliphatic carbocycles. The van der Waals surface area contributed by atoms with Crippen LogP contribution in [0.4, 0.5) is 0 Å². The minimum Gasteiger partial charge on any atom is -0.497 e. The zero-order chi connectivity index (χ0) is 10.4. The summed E-state index contributed by atoms with van der Waals surface area (Å²) in [4.78, 5) is 10.7. The van der Waals surface area contributed by atoms with Crippen LogP contribution in [0.15, 0.2) is 36.9 Å². The molecular weight excluding hydrogens is 180 g/mol. The Hall–Kier alpha value is -1.77. The molecule has 0 unspecified atom stereocenters. The monoisotopic (exact) mass is 192 g/mol. The Kier molecular flexibility index (Phi) is 3.73. The fourth-order valence-electron chi connectivity index (χ4n) is 0.935. The van der Waals surface area contributed by atoms with Crippen LogP contribution in [0.25, 0.3) is 0 Å². The Morgan fingerprint density at radius 1 is 1.43 bits per heavy atom. The lowest BCUT2D eigenvalue weighted by atomic mass is 10.2. The molecule has 0 saturated heterocycles. The molecule has 0 fully saturated rings. The lowest BCUT2D eigenvalue weighted by Gasteiger charge is -2.03. The van der Waals surface area contributed by atoms with Gasteiger partial charge >= 0.3 is 5.97 Å². The van der Waals surface area contributed by atoms with Crippen molar-refractivity contribution in [2.75, 3.05) is 7.11 Å². The number of carbonyl (C=O) groups is 1. The van der Waals surface area contributed by atoms with Gasteiger partial charge in [-0.1, -0.05) is 18.7 Å².